The fraction of sp³-hybridized carbons (Fsp3) is 0.524. The third kappa shape index (κ3) is 4.38. The van der Waals surface area contributed by atoms with E-state index < -0.39 is 17.7 Å². The standard InChI is InChI=1S/C21H28N2O6/c1-14(24)18-19(15-5-6-16(27-2)17(13-15)28-3)23(21(26)20(18)25)8-4-7-22-9-11-29-12-10-22/h5-6,13,19,25H,4,7-12H2,1-3H3/p+1/t19-/m1/s1. The summed E-state index contributed by atoms with van der Waals surface area (Å²) in [6, 6.07) is 4.64. The molecule has 0 bridgehead atoms. The predicted molar refractivity (Wildman–Crippen MR) is 105 cm³/mol. The number of hydrogen-bond donors (Lipinski definition) is 2. The summed E-state index contributed by atoms with van der Waals surface area (Å²) >= 11 is 0. The number of benzene rings is 1. The number of ether oxygens (including phenoxy) is 3. The molecule has 1 saturated heterocycles. The van der Waals surface area contributed by atoms with Crippen molar-refractivity contribution in [3.63, 3.8) is 0 Å². The highest BCUT2D eigenvalue weighted by atomic mass is 16.5. The summed E-state index contributed by atoms with van der Waals surface area (Å²) < 4.78 is 16.0. The van der Waals surface area contributed by atoms with Crippen LogP contribution < -0.4 is 14.4 Å². The summed E-state index contributed by atoms with van der Waals surface area (Å²) in [6.45, 7) is 6.13. The minimum absolute atomic E-state index is 0.126. The molecule has 29 heavy (non-hydrogen) atoms. The van der Waals surface area contributed by atoms with Crippen LogP contribution in [0.5, 0.6) is 11.5 Å². The molecule has 2 N–H and O–H groups in total. The van der Waals surface area contributed by atoms with E-state index in [0.717, 1.165) is 39.3 Å². The van der Waals surface area contributed by atoms with Gasteiger partial charge in [0.05, 0.1) is 45.6 Å². The van der Waals surface area contributed by atoms with Gasteiger partial charge in [0, 0.05) is 13.0 Å². The number of carbonyl (C=O) groups excluding carboxylic acids is 2. The van der Waals surface area contributed by atoms with Gasteiger partial charge in [0.1, 0.15) is 13.1 Å². The highest BCUT2D eigenvalue weighted by molar-refractivity contribution is 6.08. The third-order valence-electron chi connectivity index (χ3n) is 5.54. The van der Waals surface area contributed by atoms with Gasteiger partial charge in [-0.2, -0.15) is 0 Å². The zero-order valence-electron chi connectivity index (χ0n) is 17.2. The van der Waals surface area contributed by atoms with Crippen LogP contribution in [0.4, 0.5) is 0 Å². The number of quaternary nitrogens is 1. The summed E-state index contributed by atoms with van der Waals surface area (Å²) in [5.74, 6) is -0.232. The molecule has 1 aromatic carbocycles. The Balaban J connectivity index is 1.84. The molecule has 0 unspecified atom stereocenters. The van der Waals surface area contributed by atoms with Gasteiger partial charge in [-0.05, 0) is 24.6 Å². The lowest BCUT2D eigenvalue weighted by Gasteiger charge is -2.28. The second kappa shape index (κ2) is 9.28. The highest BCUT2D eigenvalue weighted by Crippen LogP contribution is 2.40. The highest BCUT2D eigenvalue weighted by Gasteiger charge is 2.42. The third-order valence-corrected chi connectivity index (χ3v) is 5.54. The maximum Gasteiger partial charge on any atom is 0.290 e. The maximum absolute atomic E-state index is 12.7. The Morgan fingerprint density at radius 3 is 2.55 bits per heavy atom. The molecule has 2 aliphatic heterocycles. The molecule has 0 aliphatic carbocycles. The van der Waals surface area contributed by atoms with Crippen molar-refractivity contribution < 1.29 is 33.8 Å². The van der Waals surface area contributed by atoms with Crippen molar-refractivity contribution >= 4 is 11.7 Å². The molecule has 1 atom stereocenters. The quantitative estimate of drug-likeness (QED) is 0.646. The van der Waals surface area contributed by atoms with E-state index in [1.54, 1.807) is 30.2 Å². The van der Waals surface area contributed by atoms with Gasteiger partial charge >= 0.3 is 0 Å². The van der Waals surface area contributed by atoms with Crippen molar-refractivity contribution in [2.45, 2.75) is 19.4 Å². The molecular formula is C21H29N2O6+. The zero-order valence-corrected chi connectivity index (χ0v) is 17.2. The van der Waals surface area contributed by atoms with Crippen LogP contribution in [0.1, 0.15) is 24.9 Å². The Morgan fingerprint density at radius 1 is 1.24 bits per heavy atom. The number of nitrogens with zero attached hydrogens (tertiary/aromatic N) is 1. The molecule has 2 aliphatic rings. The molecule has 1 aromatic rings. The lowest BCUT2D eigenvalue weighted by atomic mass is 9.96. The number of methoxy groups -OCH3 is 2. The van der Waals surface area contributed by atoms with Crippen LogP contribution in [0, 0.1) is 0 Å². The fourth-order valence-electron chi connectivity index (χ4n) is 4.02. The van der Waals surface area contributed by atoms with Crippen LogP contribution in [-0.2, 0) is 14.3 Å². The zero-order chi connectivity index (χ0) is 21.0. The van der Waals surface area contributed by atoms with E-state index in [-0.39, 0.29) is 11.4 Å². The summed E-state index contributed by atoms with van der Waals surface area (Å²) in [4.78, 5) is 28.0. The number of morpholine rings is 1. The largest absolute Gasteiger partial charge is 0.503 e. The van der Waals surface area contributed by atoms with Gasteiger partial charge in [-0.25, -0.2) is 0 Å². The SMILES string of the molecule is COc1ccc([C@@H]2C(C(C)=O)=C(O)C(=O)N2CCC[NH+]2CCOCC2)cc1OC. The summed E-state index contributed by atoms with van der Waals surface area (Å²) in [5, 5.41) is 10.4. The van der Waals surface area contributed by atoms with E-state index in [0.29, 0.717) is 23.6 Å². The van der Waals surface area contributed by atoms with E-state index in [1.807, 2.05) is 0 Å². The Kier molecular flexibility index (Phi) is 6.76. The van der Waals surface area contributed by atoms with Crippen molar-refractivity contribution in [1.82, 2.24) is 4.90 Å². The van der Waals surface area contributed by atoms with Gasteiger partial charge in [0.2, 0.25) is 0 Å². The summed E-state index contributed by atoms with van der Waals surface area (Å²) in [6.07, 6.45) is 0.767. The number of aliphatic hydroxyl groups excluding tert-OH is 1. The van der Waals surface area contributed by atoms with Crippen LogP contribution in [-0.4, -0.2) is 75.3 Å². The van der Waals surface area contributed by atoms with Gasteiger partial charge < -0.3 is 29.1 Å². The molecule has 1 fully saturated rings. The Morgan fingerprint density at radius 2 is 1.93 bits per heavy atom. The Bertz CT molecular complexity index is 800. The molecule has 158 valence electrons. The first-order valence-electron chi connectivity index (χ1n) is 9.86. The van der Waals surface area contributed by atoms with Crippen molar-refractivity contribution in [2.24, 2.45) is 0 Å². The summed E-state index contributed by atoms with van der Waals surface area (Å²) in [7, 11) is 3.08. The summed E-state index contributed by atoms with van der Waals surface area (Å²) in [5.41, 5.74) is 0.824. The van der Waals surface area contributed by atoms with Gasteiger partial charge in [-0.3, -0.25) is 9.59 Å². The number of Topliss-reactive ketones (excluding diaryl/α,β-unsaturated/α-hetero) is 1. The number of aliphatic hydroxyl groups is 1. The second-order valence-corrected chi connectivity index (χ2v) is 7.30. The van der Waals surface area contributed by atoms with Gasteiger partial charge in [0.15, 0.2) is 23.0 Å². The molecule has 1 amide bonds. The van der Waals surface area contributed by atoms with Crippen molar-refractivity contribution in [3.8, 4) is 11.5 Å². The number of ketones is 1. The molecule has 3 rings (SSSR count). The van der Waals surface area contributed by atoms with Crippen molar-refractivity contribution in [1.29, 1.82) is 0 Å². The molecule has 8 nitrogen and oxygen atoms in total. The molecule has 0 aromatic heterocycles. The van der Waals surface area contributed by atoms with Gasteiger partial charge in [-0.15, -0.1) is 0 Å². The minimum atomic E-state index is -0.639. The number of carbonyl (C=O) groups is 2. The first-order chi connectivity index (χ1) is 14.0. The molecule has 0 spiro atoms. The average Bonchev–Trinajstić information content (AvgIpc) is 2.99. The van der Waals surface area contributed by atoms with Crippen molar-refractivity contribution in [2.75, 3.05) is 53.6 Å². The number of nitrogens with one attached hydrogen (secondary N) is 1. The fourth-order valence-corrected chi connectivity index (χ4v) is 4.02. The van der Waals surface area contributed by atoms with E-state index in [1.165, 1.54) is 18.9 Å². The van der Waals surface area contributed by atoms with E-state index in [2.05, 4.69) is 0 Å². The topological polar surface area (TPSA) is 89.7 Å². The average molecular weight is 405 g/mol. The molecule has 8 heteroatoms. The molecule has 0 saturated carbocycles. The first kappa shape index (κ1) is 21.1. The van der Waals surface area contributed by atoms with Crippen LogP contribution in [0.15, 0.2) is 29.5 Å². The van der Waals surface area contributed by atoms with Crippen molar-refractivity contribution in [3.05, 3.63) is 35.1 Å². The minimum Gasteiger partial charge on any atom is -0.503 e. The van der Waals surface area contributed by atoms with Crippen LogP contribution in [0.25, 0.3) is 0 Å². The second-order valence-electron chi connectivity index (χ2n) is 7.30. The van der Waals surface area contributed by atoms with Crippen LogP contribution in [0.2, 0.25) is 0 Å². The van der Waals surface area contributed by atoms with E-state index >= 15 is 0 Å². The number of rotatable bonds is 8. The van der Waals surface area contributed by atoms with E-state index in [4.69, 9.17) is 14.2 Å². The van der Waals surface area contributed by atoms with Gasteiger partial charge in [0.25, 0.3) is 5.91 Å². The molecule has 0 radical (unpaired) electrons. The Hall–Kier alpha value is -2.58. The van der Waals surface area contributed by atoms with E-state index in [9.17, 15) is 14.7 Å². The normalized spacial score (nSPS) is 20.3. The van der Waals surface area contributed by atoms with Gasteiger partial charge in [-0.1, -0.05) is 6.07 Å². The molecular weight excluding hydrogens is 376 g/mol. The lowest BCUT2D eigenvalue weighted by Crippen LogP contribution is -3.14. The number of amides is 1. The monoisotopic (exact) mass is 405 g/mol. The lowest BCUT2D eigenvalue weighted by molar-refractivity contribution is -0.908. The predicted octanol–water partition coefficient (Wildman–Crippen LogP) is 0.293. The first-order valence-corrected chi connectivity index (χ1v) is 9.86. The maximum atomic E-state index is 12.7. The van der Waals surface area contributed by atoms with Crippen LogP contribution >= 0.6 is 0 Å². The molecule has 2 heterocycles. The van der Waals surface area contributed by atoms with Crippen LogP contribution in [0.3, 0.4) is 0 Å². The Labute approximate surface area is 170 Å². The smallest absolute Gasteiger partial charge is 0.290 e. The number of hydrogen-bond acceptors (Lipinski definition) is 6.